The summed E-state index contributed by atoms with van der Waals surface area (Å²) in [6.45, 7) is -0.0687. The Hall–Kier alpha value is -3.89. The number of fused-ring (bicyclic) bond motifs is 1. The molecule has 34 heavy (non-hydrogen) atoms. The number of oxazole rings is 1. The van der Waals surface area contributed by atoms with Crippen LogP contribution in [0, 0.1) is 0 Å². The zero-order valence-electron chi connectivity index (χ0n) is 18.6. The highest BCUT2D eigenvalue weighted by Gasteiger charge is 2.21. The lowest BCUT2D eigenvalue weighted by Gasteiger charge is -2.13. The topological polar surface area (TPSA) is 120 Å². The molecule has 3 aromatic carbocycles. The van der Waals surface area contributed by atoms with E-state index in [0.717, 1.165) is 5.56 Å². The summed E-state index contributed by atoms with van der Waals surface area (Å²) in [5, 5.41) is 2.47. The molecule has 0 fully saturated rings. The molecular formula is C24H23N3O6S. The van der Waals surface area contributed by atoms with Crippen molar-refractivity contribution in [3.05, 3.63) is 82.8 Å². The highest BCUT2D eigenvalue weighted by Crippen LogP contribution is 2.31. The zero-order chi connectivity index (χ0) is 24.3. The molecule has 0 saturated heterocycles. The van der Waals surface area contributed by atoms with E-state index in [1.807, 2.05) is 30.3 Å². The fourth-order valence-corrected chi connectivity index (χ4v) is 4.74. The van der Waals surface area contributed by atoms with Crippen LogP contribution in [0.15, 0.2) is 80.8 Å². The van der Waals surface area contributed by atoms with Gasteiger partial charge in [0, 0.05) is 13.6 Å². The van der Waals surface area contributed by atoms with Crippen molar-refractivity contribution < 1.29 is 22.4 Å². The Labute approximate surface area is 196 Å². The summed E-state index contributed by atoms with van der Waals surface area (Å²) in [6.07, 6.45) is 0. The molecule has 0 spiro atoms. The summed E-state index contributed by atoms with van der Waals surface area (Å²) in [6, 6.07) is 19.0. The second-order valence-electron chi connectivity index (χ2n) is 7.49. The molecular weight excluding hydrogens is 458 g/mol. The monoisotopic (exact) mass is 481 g/mol. The van der Waals surface area contributed by atoms with Crippen LogP contribution in [0.3, 0.4) is 0 Å². The Balaban J connectivity index is 1.73. The predicted molar refractivity (Wildman–Crippen MR) is 127 cm³/mol. The average Bonchev–Trinajstić information content (AvgIpc) is 3.17. The van der Waals surface area contributed by atoms with Gasteiger partial charge in [-0.1, -0.05) is 42.5 Å². The third kappa shape index (κ3) is 4.73. The van der Waals surface area contributed by atoms with Crippen molar-refractivity contribution in [2.24, 2.45) is 0 Å². The lowest BCUT2D eigenvalue weighted by atomic mass is 10.1. The number of nitrogens with zero attached hydrogens (tertiary/aromatic N) is 1. The lowest BCUT2D eigenvalue weighted by Crippen LogP contribution is -2.27. The number of ether oxygens (including phenoxy) is 1. The Morgan fingerprint density at radius 2 is 1.74 bits per heavy atom. The van der Waals surface area contributed by atoms with Gasteiger partial charge in [0.2, 0.25) is 15.9 Å². The van der Waals surface area contributed by atoms with E-state index in [-0.39, 0.29) is 29.6 Å². The first kappa shape index (κ1) is 23.3. The van der Waals surface area contributed by atoms with E-state index < -0.39 is 15.8 Å². The summed E-state index contributed by atoms with van der Waals surface area (Å²) in [4.78, 5) is 24.0. The molecule has 176 valence electrons. The second kappa shape index (κ2) is 9.54. The van der Waals surface area contributed by atoms with Gasteiger partial charge < -0.3 is 14.5 Å². The van der Waals surface area contributed by atoms with E-state index in [1.54, 1.807) is 30.3 Å². The van der Waals surface area contributed by atoms with Gasteiger partial charge in [0.1, 0.15) is 17.2 Å². The molecule has 0 aliphatic heterocycles. The minimum absolute atomic E-state index is 0.0153. The first-order valence-corrected chi connectivity index (χ1v) is 11.9. The van der Waals surface area contributed by atoms with Crippen molar-refractivity contribution in [1.82, 2.24) is 14.6 Å². The van der Waals surface area contributed by atoms with Crippen LogP contribution in [-0.4, -0.2) is 33.0 Å². The SMILES string of the molecule is CNC(=O)Cn1c(=O)oc2ccc(-c3ccc(OC)c(S(=O)(=O)NCc4ccccc4)c3)cc21. The molecule has 0 aliphatic carbocycles. The number of rotatable bonds is 8. The summed E-state index contributed by atoms with van der Waals surface area (Å²) in [5.74, 6) is -0.804. The van der Waals surface area contributed by atoms with Crippen molar-refractivity contribution in [1.29, 1.82) is 0 Å². The van der Waals surface area contributed by atoms with E-state index >= 15 is 0 Å². The standard InChI is InChI=1S/C24H23N3O6S/c1-25-23(28)15-27-19-12-17(8-10-20(19)33-24(27)29)18-9-11-21(32-2)22(13-18)34(30,31)26-14-16-6-4-3-5-7-16/h3-13,26H,14-15H2,1-2H3,(H,25,28). The van der Waals surface area contributed by atoms with Gasteiger partial charge in [0.15, 0.2) is 5.58 Å². The molecule has 1 heterocycles. The fraction of sp³-hybridized carbons (Fsp3) is 0.167. The van der Waals surface area contributed by atoms with Crippen molar-refractivity contribution in [3.63, 3.8) is 0 Å². The Kier molecular flexibility index (Phi) is 6.53. The summed E-state index contributed by atoms with van der Waals surface area (Å²) in [5.41, 5.74) is 2.79. The number of benzene rings is 3. The maximum Gasteiger partial charge on any atom is 0.420 e. The number of amides is 1. The van der Waals surface area contributed by atoms with Gasteiger partial charge in [0.25, 0.3) is 0 Å². The van der Waals surface area contributed by atoms with Crippen molar-refractivity contribution in [3.8, 4) is 16.9 Å². The maximum atomic E-state index is 13.1. The van der Waals surface area contributed by atoms with E-state index in [1.165, 1.54) is 24.8 Å². The molecule has 10 heteroatoms. The predicted octanol–water partition coefficient (Wildman–Crippen LogP) is 2.49. The third-order valence-corrected chi connectivity index (χ3v) is 6.77. The maximum absolute atomic E-state index is 13.1. The molecule has 0 aliphatic rings. The lowest BCUT2D eigenvalue weighted by molar-refractivity contribution is -0.121. The molecule has 0 unspecified atom stereocenters. The number of hydrogen-bond donors (Lipinski definition) is 2. The second-order valence-corrected chi connectivity index (χ2v) is 9.22. The van der Waals surface area contributed by atoms with Crippen LogP contribution in [0.25, 0.3) is 22.2 Å². The largest absolute Gasteiger partial charge is 0.495 e. The average molecular weight is 482 g/mol. The Morgan fingerprint density at radius 3 is 2.44 bits per heavy atom. The summed E-state index contributed by atoms with van der Waals surface area (Å²) < 4.78 is 40.5. The molecule has 4 aromatic rings. The normalized spacial score (nSPS) is 11.5. The quantitative estimate of drug-likeness (QED) is 0.399. The van der Waals surface area contributed by atoms with Crippen molar-refractivity contribution >= 4 is 27.0 Å². The third-order valence-electron chi connectivity index (χ3n) is 5.34. The number of methoxy groups -OCH3 is 1. The van der Waals surface area contributed by atoms with Crippen LogP contribution in [0.2, 0.25) is 0 Å². The van der Waals surface area contributed by atoms with Crippen LogP contribution in [0.4, 0.5) is 0 Å². The number of hydrogen-bond acceptors (Lipinski definition) is 6. The van der Waals surface area contributed by atoms with Crippen LogP contribution in [0.5, 0.6) is 5.75 Å². The first-order valence-electron chi connectivity index (χ1n) is 10.4. The van der Waals surface area contributed by atoms with E-state index in [9.17, 15) is 18.0 Å². The van der Waals surface area contributed by atoms with Gasteiger partial charge >= 0.3 is 5.76 Å². The number of carbonyl (C=O) groups is 1. The number of aromatic nitrogens is 1. The molecule has 1 aromatic heterocycles. The Bertz CT molecular complexity index is 1510. The van der Waals surface area contributed by atoms with Crippen LogP contribution in [0.1, 0.15) is 5.56 Å². The molecule has 0 saturated carbocycles. The van der Waals surface area contributed by atoms with E-state index in [4.69, 9.17) is 9.15 Å². The van der Waals surface area contributed by atoms with Gasteiger partial charge in [-0.15, -0.1) is 0 Å². The zero-order valence-corrected chi connectivity index (χ0v) is 19.4. The first-order chi connectivity index (χ1) is 16.3. The van der Waals surface area contributed by atoms with Gasteiger partial charge in [-0.25, -0.2) is 17.9 Å². The summed E-state index contributed by atoms with van der Waals surface area (Å²) in [7, 11) is -1.02. The number of sulfonamides is 1. The summed E-state index contributed by atoms with van der Waals surface area (Å²) >= 11 is 0. The number of carbonyl (C=O) groups excluding carboxylic acids is 1. The molecule has 9 nitrogen and oxygen atoms in total. The fourth-order valence-electron chi connectivity index (χ4n) is 3.53. The molecule has 0 atom stereocenters. The highest BCUT2D eigenvalue weighted by molar-refractivity contribution is 7.89. The van der Waals surface area contributed by atoms with Crippen LogP contribution >= 0.6 is 0 Å². The Morgan fingerprint density at radius 1 is 1.03 bits per heavy atom. The molecule has 4 rings (SSSR count). The van der Waals surface area contributed by atoms with Crippen molar-refractivity contribution in [2.75, 3.05) is 14.2 Å². The molecule has 0 radical (unpaired) electrons. The van der Waals surface area contributed by atoms with Gasteiger partial charge in [-0.05, 0) is 41.0 Å². The molecule has 2 N–H and O–H groups in total. The number of likely N-dealkylation sites (N-methyl/N-ethyl adjacent to an activating group) is 1. The van der Waals surface area contributed by atoms with E-state index in [2.05, 4.69) is 10.0 Å². The van der Waals surface area contributed by atoms with Crippen molar-refractivity contribution in [2.45, 2.75) is 18.0 Å². The highest BCUT2D eigenvalue weighted by atomic mass is 32.2. The smallest absolute Gasteiger partial charge is 0.420 e. The van der Waals surface area contributed by atoms with E-state index in [0.29, 0.717) is 22.2 Å². The minimum Gasteiger partial charge on any atom is -0.495 e. The van der Waals surface area contributed by atoms with Gasteiger partial charge in [-0.2, -0.15) is 0 Å². The van der Waals surface area contributed by atoms with Crippen LogP contribution in [-0.2, 0) is 27.9 Å². The van der Waals surface area contributed by atoms with Crippen LogP contribution < -0.4 is 20.5 Å². The molecule has 0 bridgehead atoms. The molecule has 1 amide bonds. The number of nitrogens with one attached hydrogen (secondary N) is 2. The minimum atomic E-state index is -3.90. The van der Waals surface area contributed by atoms with Gasteiger partial charge in [0.05, 0.1) is 12.6 Å². The van der Waals surface area contributed by atoms with Gasteiger partial charge in [-0.3, -0.25) is 9.36 Å².